The highest BCUT2D eigenvalue weighted by molar-refractivity contribution is 7.94. The number of halogens is 5. The maximum absolute atomic E-state index is 14.5. The smallest absolute Gasteiger partial charge is 0.417 e. The van der Waals surface area contributed by atoms with Gasteiger partial charge in [-0.3, -0.25) is 4.79 Å². The van der Waals surface area contributed by atoms with E-state index in [1.807, 2.05) is 0 Å². The number of carbonyl (C=O) groups is 1. The number of aromatic nitrogens is 1. The van der Waals surface area contributed by atoms with E-state index >= 15 is 0 Å². The minimum absolute atomic E-state index is 0.152. The van der Waals surface area contributed by atoms with Crippen molar-refractivity contribution >= 4 is 21.4 Å². The van der Waals surface area contributed by atoms with Crippen LogP contribution in [-0.2, 0) is 14.6 Å². The maximum atomic E-state index is 14.5. The van der Waals surface area contributed by atoms with E-state index in [1.54, 1.807) is 0 Å². The van der Waals surface area contributed by atoms with Gasteiger partial charge in [0.2, 0.25) is 15.7 Å². The van der Waals surface area contributed by atoms with Gasteiger partial charge in [0.25, 0.3) is 5.91 Å². The molecule has 8 nitrogen and oxygen atoms in total. The van der Waals surface area contributed by atoms with Gasteiger partial charge in [0.1, 0.15) is 16.7 Å². The molecular weight excluding hydrogens is 513 g/mol. The Bertz CT molecular complexity index is 1400. The lowest BCUT2D eigenvalue weighted by Gasteiger charge is -2.32. The Morgan fingerprint density at radius 2 is 1.92 bits per heavy atom. The lowest BCUT2D eigenvalue weighted by atomic mass is 9.76. The lowest BCUT2D eigenvalue weighted by Crippen LogP contribution is -2.47. The summed E-state index contributed by atoms with van der Waals surface area (Å²) in [6.45, 7) is 2.00. The molecule has 1 aromatic heterocycles. The predicted molar refractivity (Wildman–Crippen MR) is 116 cm³/mol. The van der Waals surface area contributed by atoms with E-state index in [1.165, 1.54) is 13.0 Å². The molecule has 14 heteroatoms. The second kappa shape index (κ2) is 8.40. The van der Waals surface area contributed by atoms with E-state index in [-0.39, 0.29) is 16.9 Å². The molecule has 3 N–H and O–H groups in total. The van der Waals surface area contributed by atoms with Gasteiger partial charge in [0, 0.05) is 23.6 Å². The number of hydrogen-bond donors (Lipinski definition) is 2. The third kappa shape index (κ3) is 3.79. The van der Waals surface area contributed by atoms with Crippen molar-refractivity contribution in [1.82, 2.24) is 4.98 Å². The Labute approximate surface area is 202 Å². The predicted octanol–water partition coefficient (Wildman–Crippen LogP) is 3.65. The summed E-state index contributed by atoms with van der Waals surface area (Å²) >= 11 is 0. The van der Waals surface area contributed by atoms with Gasteiger partial charge in [-0.1, -0.05) is 13.0 Å². The number of nitrogens with two attached hydrogens (primary N) is 1. The third-order valence-corrected chi connectivity index (χ3v) is 8.15. The second-order valence-electron chi connectivity index (χ2n) is 8.59. The molecule has 1 amide bonds. The molecule has 0 bridgehead atoms. The lowest BCUT2D eigenvalue weighted by molar-refractivity contribution is -0.271. The number of fused-ring (bicyclic) bond motifs is 1. The number of benzene rings is 1. The molecule has 1 fully saturated rings. The van der Waals surface area contributed by atoms with Crippen LogP contribution in [0.4, 0.5) is 27.6 Å². The van der Waals surface area contributed by atoms with Crippen LogP contribution in [0.1, 0.15) is 35.8 Å². The maximum Gasteiger partial charge on any atom is 0.417 e. The van der Waals surface area contributed by atoms with Crippen molar-refractivity contribution < 1.29 is 44.6 Å². The molecule has 1 aromatic carbocycles. The van der Waals surface area contributed by atoms with Gasteiger partial charge >= 0.3 is 6.18 Å². The molecule has 0 radical (unpaired) electrons. The molecule has 2 aliphatic rings. The molecule has 2 aliphatic heterocycles. The van der Waals surface area contributed by atoms with E-state index in [0.717, 1.165) is 32.4 Å². The number of methoxy groups -OCH3 is 1. The number of primary amides is 1. The van der Waals surface area contributed by atoms with Crippen molar-refractivity contribution in [2.45, 2.75) is 42.5 Å². The average Bonchev–Trinajstić information content (AvgIpc) is 3.06. The van der Waals surface area contributed by atoms with Crippen LogP contribution in [-0.4, -0.2) is 44.3 Å². The summed E-state index contributed by atoms with van der Waals surface area (Å²) in [5.41, 5.74) is 1.23. The Hall–Kier alpha value is -3.26. The van der Waals surface area contributed by atoms with E-state index < -0.39 is 73.4 Å². The average molecular weight is 533 g/mol. The Balaban J connectivity index is 1.93. The highest BCUT2D eigenvalue weighted by Crippen LogP contribution is 2.56. The van der Waals surface area contributed by atoms with Gasteiger partial charge in [0.05, 0.1) is 23.9 Å². The quantitative estimate of drug-likeness (QED) is 0.576. The number of nitrogens with zero attached hydrogens (tertiary/aromatic N) is 1. The molecule has 4 rings (SSSR count). The summed E-state index contributed by atoms with van der Waals surface area (Å²) in [5, 5.41) is 3.31. The number of nitrogens with one attached hydrogen (secondary N) is 1. The fraction of sp³-hybridized carbons (Fsp3) is 0.364. The van der Waals surface area contributed by atoms with Crippen LogP contribution in [0.5, 0.6) is 5.75 Å². The van der Waals surface area contributed by atoms with Crippen molar-refractivity contribution in [3.05, 3.63) is 58.4 Å². The molecule has 36 heavy (non-hydrogen) atoms. The van der Waals surface area contributed by atoms with Crippen LogP contribution < -0.4 is 15.8 Å². The zero-order chi connectivity index (χ0) is 26.8. The van der Waals surface area contributed by atoms with Gasteiger partial charge in [0.15, 0.2) is 17.2 Å². The first-order chi connectivity index (χ1) is 16.6. The number of hydrogen-bond acceptors (Lipinski definition) is 7. The fourth-order valence-electron chi connectivity index (χ4n) is 4.64. The van der Waals surface area contributed by atoms with Crippen molar-refractivity contribution in [2.24, 2.45) is 11.7 Å². The summed E-state index contributed by atoms with van der Waals surface area (Å²) < 4.78 is 108. The standard InChI is InChI=1S/C22H20F5N3O5S/c1-9-14(10-4-5-11(23)15(24)17(10)34-3)18(35-21(9,2)22(25,26)27)13-8-36(32,33)19-12(30-13)6-7-29-16(19)20(28)31/h4-9,14,18,30H,1-3H3,(H2,28,31)/t9-,14-,18-,21+/m0/s1. The highest BCUT2D eigenvalue weighted by Gasteiger charge is 2.65. The summed E-state index contributed by atoms with van der Waals surface area (Å²) in [5.74, 6) is -7.21. The van der Waals surface area contributed by atoms with Gasteiger partial charge < -0.3 is 20.5 Å². The Morgan fingerprint density at radius 3 is 2.50 bits per heavy atom. The molecule has 0 unspecified atom stereocenters. The van der Waals surface area contributed by atoms with Crippen LogP contribution >= 0.6 is 0 Å². The number of amides is 1. The van der Waals surface area contributed by atoms with E-state index in [2.05, 4.69) is 10.3 Å². The number of ether oxygens (including phenoxy) is 2. The largest absolute Gasteiger partial charge is 0.493 e. The van der Waals surface area contributed by atoms with E-state index in [4.69, 9.17) is 15.2 Å². The van der Waals surface area contributed by atoms with Gasteiger partial charge in [-0.25, -0.2) is 17.8 Å². The van der Waals surface area contributed by atoms with Crippen molar-refractivity contribution in [3.63, 3.8) is 0 Å². The van der Waals surface area contributed by atoms with Crippen LogP contribution in [0.3, 0.4) is 0 Å². The molecule has 0 spiro atoms. The van der Waals surface area contributed by atoms with Crippen molar-refractivity contribution in [3.8, 4) is 5.75 Å². The number of pyridine rings is 1. The fourth-order valence-corrected chi connectivity index (χ4v) is 6.13. The molecular formula is C22H20F5N3O5S. The number of rotatable bonds is 4. The van der Waals surface area contributed by atoms with Gasteiger partial charge in [-0.2, -0.15) is 17.6 Å². The minimum Gasteiger partial charge on any atom is -0.493 e. The van der Waals surface area contributed by atoms with E-state index in [0.29, 0.717) is 5.41 Å². The van der Waals surface area contributed by atoms with Crippen molar-refractivity contribution in [1.29, 1.82) is 0 Å². The minimum atomic E-state index is -4.92. The van der Waals surface area contributed by atoms with Crippen LogP contribution in [0.2, 0.25) is 0 Å². The van der Waals surface area contributed by atoms with Crippen LogP contribution in [0, 0.1) is 17.6 Å². The first kappa shape index (κ1) is 25.8. The van der Waals surface area contributed by atoms with E-state index in [9.17, 15) is 35.2 Å². The van der Waals surface area contributed by atoms with Gasteiger partial charge in [-0.15, -0.1) is 0 Å². The summed E-state index contributed by atoms with van der Waals surface area (Å²) in [7, 11) is -3.42. The van der Waals surface area contributed by atoms with Crippen LogP contribution in [0.15, 0.2) is 40.4 Å². The third-order valence-electron chi connectivity index (χ3n) is 6.60. The zero-order valence-electron chi connectivity index (χ0n) is 19.0. The molecule has 3 heterocycles. The first-order valence-corrected chi connectivity index (χ1v) is 12.0. The monoisotopic (exact) mass is 533 g/mol. The SMILES string of the molecule is COc1c([C@H]2[C@H](C3=CS(=O)(=O)c4c(ccnc4C(N)=O)N3)O[C@@](C)(C(F)(F)F)[C@H]2C)ccc(F)c1F. The molecule has 194 valence electrons. The first-order valence-electron chi connectivity index (χ1n) is 10.4. The molecule has 0 saturated carbocycles. The summed E-state index contributed by atoms with van der Waals surface area (Å²) in [4.78, 5) is 14.9. The Morgan fingerprint density at radius 1 is 1.25 bits per heavy atom. The van der Waals surface area contributed by atoms with Crippen LogP contribution in [0.25, 0.3) is 0 Å². The molecule has 1 saturated heterocycles. The molecule has 4 atom stereocenters. The van der Waals surface area contributed by atoms with Gasteiger partial charge in [-0.05, 0) is 19.1 Å². The number of carbonyl (C=O) groups excluding carboxylic acids is 1. The Kier molecular flexibility index (Phi) is 6.03. The molecule has 2 aromatic rings. The zero-order valence-corrected chi connectivity index (χ0v) is 19.8. The number of anilines is 1. The topological polar surface area (TPSA) is 121 Å². The highest BCUT2D eigenvalue weighted by atomic mass is 32.2. The second-order valence-corrected chi connectivity index (χ2v) is 10.3. The summed E-state index contributed by atoms with van der Waals surface area (Å²) in [6.07, 6.45) is -5.45. The van der Waals surface area contributed by atoms with Crippen molar-refractivity contribution in [2.75, 3.05) is 12.4 Å². The molecule has 0 aliphatic carbocycles. The number of sulfone groups is 1. The normalized spacial score (nSPS) is 27.1. The summed E-state index contributed by atoms with van der Waals surface area (Å²) in [6, 6.07) is 3.00. The number of alkyl halides is 3.